The van der Waals surface area contributed by atoms with Crippen molar-refractivity contribution in [1.29, 1.82) is 0 Å². The van der Waals surface area contributed by atoms with Gasteiger partial charge in [-0.05, 0) is 67.0 Å². The summed E-state index contributed by atoms with van der Waals surface area (Å²) in [5.41, 5.74) is 1.90. The molecular weight excluding hydrogens is 436 g/mol. The number of hydrogen-bond acceptors (Lipinski definition) is 5. The maximum absolute atomic E-state index is 13.3. The van der Waals surface area contributed by atoms with Gasteiger partial charge in [-0.3, -0.25) is 14.5 Å². The van der Waals surface area contributed by atoms with Gasteiger partial charge < -0.3 is 14.4 Å². The second-order valence-corrected chi connectivity index (χ2v) is 8.42. The smallest absolute Gasteiger partial charge is 0.243 e. The van der Waals surface area contributed by atoms with E-state index in [0.29, 0.717) is 35.4 Å². The van der Waals surface area contributed by atoms with Gasteiger partial charge >= 0.3 is 0 Å². The number of ether oxygens (including phenoxy) is 2. The highest BCUT2D eigenvalue weighted by Gasteiger charge is 2.31. The number of fused-ring (bicyclic) bond motifs is 1. The van der Waals surface area contributed by atoms with Crippen molar-refractivity contribution < 1.29 is 14.3 Å². The second kappa shape index (κ2) is 8.36. The van der Waals surface area contributed by atoms with Gasteiger partial charge in [0.25, 0.3) is 0 Å². The van der Waals surface area contributed by atoms with Crippen molar-refractivity contribution in [2.75, 3.05) is 19.8 Å². The molecule has 1 amide bonds. The van der Waals surface area contributed by atoms with Crippen molar-refractivity contribution in [1.82, 2.24) is 19.7 Å². The fraction of sp³-hybridized carbons (Fsp3) is 0.318. The first-order chi connectivity index (χ1) is 15.1. The lowest BCUT2D eigenvalue weighted by atomic mass is 10.0. The van der Waals surface area contributed by atoms with E-state index in [2.05, 4.69) is 10.2 Å². The summed E-state index contributed by atoms with van der Waals surface area (Å²) in [6.45, 7) is 1.92. The van der Waals surface area contributed by atoms with Crippen LogP contribution in [0.5, 0.6) is 11.5 Å². The fourth-order valence-corrected chi connectivity index (χ4v) is 4.51. The summed E-state index contributed by atoms with van der Waals surface area (Å²) in [6, 6.07) is 13.3. The molecular formula is C22H21ClN4O3S. The number of aromatic amines is 1. The number of nitrogens with one attached hydrogen (secondary N) is 1. The lowest BCUT2D eigenvalue weighted by Gasteiger charge is -2.27. The van der Waals surface area contributed by atoms with Crippen molar-refractivity contribution in [2.24, 2.45) is 0 Å². The molecule has 2 aromatic carbocycles. The molecule has 3 heterocycles. The van der Waals surface area contributed by atoms with E-state index in [4.69, 9.17) is 33.3 Å². The summed E-state index contributed by atoms with van der Waals surface area (Å²) in [5.74, 6) is 2.11. The molecule has 1 N–H and O–H groups in total. The second-order valence-electron chi connectivity index (χ2n) is 7.59. The van der Waals surface area contributed by atoms with E-state index < -0.39 is 0 Å². The van der Waals surface area contributed by atoms with Gasteiger partial charge in [-0.1, -0.05) is 17.7 Å². The molecule has 0 unspecified atom stereocenters. The quantitative estimate of drug-likeness (QED) is 0.589. The molecule has 1 fully saturated rings. The number of carbonyl (C=O) groups is 1. The van der Waals surface area contributed by atoms with Crippen LogP contribution in [0, 0.1) is 4.77 Å². The summed E-state index contributed by atoms with van der Waals surface area (Å²) >= 11 is 11.4. The molecule has 1 saturated heterocycles. The first-order valence-electron chi connectivity index (χ1n) is 10.2. The van der Waals surface area contributed by atoms with Gasteiger partial charge in [0.05, 0.1) is 6.04 Å². The van der Waals surface area contributed by atoms with Gasteiger partial charge in [0.1, 0.15) is 19.8 Å². The summed E-state index contributed by atoms with van der Waals surface area (Å²) in [5, 5.41) is 7.77. The molecule has 0 aliphatic carbocycles. The molecule has 2 aliphatic heterocycles. The van der Waals surface area contributed by atoms with Crippen LogP contribution in [0.25, 0.3) is 11.4 Å². The molecule has 9 heteroatoms. The minimum atomic E-state index is 0.00313. The average Bonchev–Trinajstić information content (AvgIpc) is 3.42. The molecule has 0 bridgehead atoms. The Morgan fingerprint density at radius 3 is 2.74 bits per heavy atom. The summed E-state index contributed by atoms with van der Waals surface area (Å²) in [6.07, 6.45) is 1.86. The normalized spacial score (nSPS) is 17.7. The Hall–Kier alpha value is -2.84. The van der Waals surface area contributed by atoms with Gasteiger partial charge in [0.15, 0.2) is 22.1 Å². The minimum Gasteiger partial charge on any atom is -0.486 e. The van der Waals surface area contributed by atoms with Gasteiger partial charge in [-0.15, -0.1) is 0 Å². The van der Waals surface area contributed by atoms with Crippen LogP contribution < -0.4 is 9.47 Å². The van der Waals surface area contributed by atoms with Crippen molar-refractivity contribution in [2.45, 2.75) is 25.4 Å². The van der Waals surface area contributed by atoms with E-state index in [0.717, 1.165) is 35.5 Å². The molecule has 1 atom stereocenters. The van der Waals surface area contributed by atoms with E-state index in [-0.39, 0.29) is 18.5 Å². The van der Waals surface area contributed by atoms with Crippen LogP contribution >= 0.6 is 23.8 Å². The molecule has 2 aliphatic rings. The number of hydrogen-bond donors (Lipinski definition) is 1. The molecule has 0 saturated carbocycles. The highest BCUT2D eigenvalue weighted by Crippen LogP contribution is 2.38. The number of aromatic nitrogens is 3. The Bertz CT molecular complexity index is 1170. The Morgan fingerprint density at radius 1 is 1.16 bits per heavy atom. The monoisotopic (exact) mass is 456 g/mol. The zero-order valence-corrected chi connectivity index (χ0v) is 18.3. The van der Waals surface area contributed by atoms with Crippen LogP contribution in [0.2, 0.25) is 5.02 Å². The number of H-pyrrole nitrogens is 1. The largest absolute Gasteiger partial charge is 0.486 e. The third-order valence-electron chi connectivity index (χ3n) is 5.68. The van der Waals surface area contributed by atoms with Crippen LogP contribution in [0.4, 0.5) is 0 Å². The first-order valence-corrected chi connectivity index (χ1v) is 11.0. The summed E-state index contributed by atoms with van der Waals surface area (Å²) in [7, 11) is 0. The zero-order chi connectivity index (χ0) is 21.4. The topological polar surface area (TPSA) is 72.4 Å². The summed E-state index contributed by atoms with van der Waals surface area (Å²) in [4.78, 5) is 15.2. The lowest BCUT2D eigenvalue weighted by molar-refractivity contribution is -0.132. The van der Waals surface area contributed by atoms with Crippen LogP contribution in [-0.4, -0.2) is 45.3 Å². The van der Waals surface area contributed by atoms with Crippen LogP contribution in [0.3, 0.4) is 0 Å². The molecule has 5 rings (SSSR count). The molecule has 0 spiro atoms. The van der Waals surface area contributed by atoms with E-state index in [1.807, 2.05) is 35.2 Å². The predicted molar refractivity (Wildman–Crippen MR) is 119 cm³/mol. The number of halogens is 1. The van der Waals surface area contributed by atoms with Crippen LogP contribution in [0.15, 0.2) is 42.5 Å². The Labute approximate surface area is 189 Å². The van der Waals surface area contributed by atoms with E-state index in [1.165, 1.54) is 0 Å². The Kier molecular flexibility index (Phi) is 5.41. The van der Waals surface area contributed by atoms with Gasteiger partial charge in [-0.2, -0.15) is 5.10 Å². The number of carbonyl (C=O) groups excluding carboxylic acids is 1. The van der Waals surface area contributed by atoms with Crippen molar-refractivity contribution in [3.63, 3.8) is 0 Å². The SMILES string of the molecule is O=C(Cn1c(-c2ccc(Cl)cc2)n[nH]c1=S)N1CCC[C@@H]1c1ccc2c(c1)OCCO2. The van der Waals surface area contributed by atoms with Crippen molar-refractivity contribution in [3.8, 4) is 22.9 Å². The standard InChI is InChI=1S/C22H21ClN4O3S/c23-16-6-3-14(4-7-16)21-24-25-22(31)27(21)13-20(28)26-9-1-2-17(26)15-5-8-18-19(12-15)30-11-10-29-18/h3-8,12,17H,1-2,9-11,13H2,(H,25,31)/t17-/m1/s1. The van der Waals surface area contributed by atoms with E-state index in [1.54, 1.807) is 16.7 Å². The molecule has 3 aromatic rings. The Balaban J connectivity index is 1.39. The van der Waals surface area contributed by atoms with Gasteiger partial charge in [0.2, 0.25) is 5.91 Å². The molecule has 31 heavy (non-hydrogen) atoms. The van der Waals surface area contributed by atoms with Gasteiger partial charge in [-0.25, -0.2) is 0 Å². The number of likely N-dealkylation sites (tertiary alicyclic amines) is 1. The molecule has 160 valence electrons. The third-order valence-corrected chi connectivity index (χ3v) is 6.24. The zero-order valence-electron chi connectivity index (χ0n) is 16.7. The maximum Gasteiger partial charge on any atom is 0.243 e. The maximum atomic E-state index is 13.3. The van der Waals surface area contributed by atoms with Crippen molar-refractivity contribution >= 4 is 29.7 Å². The third kappa shape index (κ3) is 3.93. The first kappa shape index (κ1) is 20.1. The minimum absolute atomic E-state index is 0.00313. The van der Waals surface area contributed by atoms with Crippen molar-refractivity contribution in [3.05, 3.63) is 57.8 Å². The average molecular weight is 457 g/mol. The molecule has 0 radical (unpaired) electrons. The Morgan fingerprint density at radius 2 is 1.94 bits per heavy atom. The number of rotatable bonds is 4. The predicted octanol–water partition coefficient (Wildman–Crippen LogP) is 4.40. The van der Waals surface area contributed by atoms with Crippen LogP contribution in [-0.2, 0) is 11.3 Å². The highest BCUT2D eigenvalue weighted by molar-refractivity contribution is 7.71. The van der Waals surface area contributed by atoms with Gasteiger partial charge in [0, 0.05) is 17.1 Å². The number of amides is 1. The lowest BCUT2D eigenvalue weighted by Crippen LogP contribution is -2.33. The highest BCUT2D eigenvalue weighted by atomic mass is 35.5. The molecule has 1 aromatic heterocycles. The molecule has 7 nitrogen and oxygen atoms in total. The van der Waals surface area contributed by atoms with E-state index in [9.17, 15) is 4.79 Å². The van der Waals surface area contributed by atoms with Crippen LogP contribution in [0.1, 0.15) is 24.4 Å². The van der Waals surface area contributed by atoms with E-state index >= 15 is 0 Å². The fourth-order valence-electron chi connectivity index (χ4n) is 4.19. The summed E-state index contributed by atoms with van der Waals surface area (Å²) < 4.78 is 13.5. The number of benzene rings is 2. The number of nitrogens with zero attached hydrogens (tertiary/aromatic N) is 3.